The van der Waals surface area contributed by atoms with Crippen LogP contribution in [0.3, 0.4) is 0 Å². The summed E-state index contributed by atoms with van der Waals surface area (Å²) in [6.45, 7) is 11.6. The van der Waals surface area contributed by atoms with Gasteiger partial charge in [0, 0.05) is 6.42 Å². The maximum absolute atomic E-state index is 12.6. The molecule has 0 saturated heterocycles. The monoisotopic (exact) mass is 471 g/mol. The lowest BCUT2D eigenvalue weighted by Crippen LogP contribution is -2.69. The number of ether oxygens (including phenoxy) is 1. The van der Waals surface area contributed by atoms with Crippen molar-refractivity contribution in [1.82, 2.24) is 10.6 Å². The molecular formula is C20H36F3N3O6. The fraction of sp³-hybridized carbons (Fsp3) is 0.800. The van der Waals surface area contributed by atoms with E-state index in [0.717, 1.165) is 0 Å². The summed E-state index contributed by atoms with van der Waals surface area (Å²) >= 11 is 0. The Kier molecular flexibility index (Phi) is 14.6. The van der Waals surface area contributed by atoms with Gasteiger partial charge in [0.15, 0.2) is 6.04 Å². The molecule has 0 aliphatic heterocycles. The Morgan fingerprint density at radius 1 is 0.906 bits per heavy atom. The summed E-state index contributed by atoms with van der Waals surface area (Å²) in [6.07, 6.45) is -4.06. The normalized spacial score (nSPS) is 14.2. The van der Waals surface area contributed by atoms with E-state index in [0.29, 0.717) is 18.8 Å². The lowest BCUT2D eigenvalue weighted by Gasteiger charge is -2.25. The van der Waals surface area contributed by atoms with Crippen molar-refractivity contribution in [1.29, 1.82) is 0 Å². The number of methoxy groups -OCH3 is 1. The van der Waals surface area contributed by atoms with Crippen LogP contribution in [0.15, 0.2) is 0 Å². The summed E-state index contributed by atoms with van der Waals surface area (Å²) in [5.74, 6) is -3.68. The van der Waals surface area contributed by atoms with Crippen LogP contribution in [0.5, 0.6) is 0 Å². The molecule has 3 atom stereocenters. The van der Waals surface area contributed by atoms with Gasteiger partial charge in [-0.1, -0.05) is 41.5 Å². The Hall–Kier alpha value is -2.37. The van der Waals surface area contributed by atoms with Crippen molar-refractivity contribution in [3.63, 3.8) is 0 Å². The van der Waals surface area contributed by atoms with Gasteiger partial charge < -0.3 is 31.0 Å². The van der Waals surface area contributed by atoms with Crippen LogP contribution in [0.1, 0.15) is 54.4 Å². The van der Waals surface area contributed by atoms with E-state index in [1.807, 2.05) is 41.5 Å². The number of nitrogens with one attached hydrogen (secondary N) is 2. The maximum Gasteiger partial charge on any atom is 0.430 e. The minimum Gasteiger partial charge on any atom is -0.542 e. The third kappa shape index (κ3) is 13.8. The third-order valence-electron chi connectivity index (χ3n) is 4.12. The van der Waals surface area contributed by atoms with Gasteiger partial charge in [-0.15, -0.1) is 0 Å². The second kappa shape index (κ2) is 14.6. The highest BCUT2D eigenvalue weighted by Crippen LogP contribution is 2.11. The number of carbonyl (C=O) groups is 4. The van der Waals surface area contributed by atoms with Crippen LogP contribution < -0.4 is 21.5 Å². The molecule has 0 aromatic carbocycles. The van der Waals surface area contributed by atoms with Gasteiger partial charge >= 0.3 is 12.1 Å². The van der Waals surface area contributed by atoms with Crippen molar-refractivity contribution < 1.29 is 47.9 Å². The van der Waals surface area contributed by atoms with Crippen molar-refractivity contribution in [3.05, 3.63) is 0 Å². The van der Waals surface area contributed by atoms with Gasteiger partial charge in [-0.05, 0) is 24.2 Å². The SMILES string of the molecule is COC(=O)[C@H](NC(=O)[C@@H](CC(C)C)NC(=O)[C@H]([NH3+])CC(C)C)C(C)C.O=C([O-])C(F)(F)F. The number of aliphatic carboxylic acids is 1. The van der Waals surface area contributed by atoms with Gasteiger partial charge in [-0.2, -0.15) is 13.2 Å². The second-order valence-corrected chi connectivity index (χ2v) is 8.56. The number of hydrogen-bond donors (Lipinski definition) is 3. The Labute approximate surface area is 186 Å². The molecule has 0 heterocycles. The molecule has 0 aliphatic rings. The van der Waals surface area contributed by atoms with Crippen LogP contribution in [0, 0.1) is 17.8 Å². The van der Waals surface area contributed by atoms with Crippen LogP contribution in [0.25, 0.3) is 0 Å². The largest absolute Gasteiger partial charge is 0.542 e. The van der Waals surface area contributed by atoms with Gasteiger partial charge in [-0.3, -0.25) is 9.59 Å². The maximum atomic E-state index is 12.6. The summed E-state index contributed by atoms with van der Waals surface area (Å²) < 4.78 is 36.3. The number of carbonyl (C=O) groups excluding carboxylic acids is 4. The Morgan fingerprint density at radius 3 is 1.66 bits per heavy atom. The number of alkyl halides is 3. The predicted octanol–water partition coefficient (Wildman–Crippen LogP) is -0.214. The molecule has 0 aromatic heterocycles. The average molecular weight is 472 g/mol. The molecule has 0 aliphatic carbocycles. The Bertz CT molecular complexity index is 624. The lowest BCUT2D eigenvalue weighted by molar-refractivity contribution is -0.406. The molecule has 5 N–H and O–H groups in total. The summed E-state index contributed by atoms with van der Waals surface area (Å²) in [7, 11) is 1.29. The summed E-state index contributed by atoms with van der Waals surface area (Å²) in [6, 6.07) is -1.85. The number of halogens is 3. The van der Waals surface area contributed by atoms with E-state index in [4.69, 9.17) is 14.6 Å². The number of carboxylic acids is 1. The molecular weight excluding hydrogens is 435 g/mol. The van der Waals surface area contributed by atoms with E-state index in [1.54, 1.807) is 0 Å². The molecule has 0 rings (SSSR count). The van der Waals surface area contributed by atoms with Crippen LogP contribution >= 0.6 is 0 Å². The van der Waals surface area contributed by atoms with E-state index in [2.05, 4.69) is 16.4 Å². The van der Waals surface area contributed by atoms with E-state index < -0.39 is 36.2 Å². The highest BCUT2D eigenvalue weighted by atomic mass is 19.4. The number of quaternary nitrogens is 1. The van der Waals surface area contributed by atoms with Crippen LogP contribution in [0.4, 0.5) is 13.2 Å². The van der Waals surface area contributed by atoms with Crippen molar-refractivity contribution in [3.8, 4) is 0 Å². The summed E-state index contributed by atoms with van der Waals surface area (Å²) in [5, 5.41) is 14.3. The van der Waals surface area contributed by atoms with Gasteiger partial charge in [0.05, 0.1) is 7.11 Å². The van der Waals surface area contributed by atoms with Crippen LogP contribution in [-0.2, 0) is 23.9 Å². The van der Waals surface area contributed by atoms with E-state index in [9.17, 15) is 27.6 Å². The molecule has 32 heavy (non-hydrogen) atoms. The zero-order chi connectivity index (χ0) is 25.8. The predicted molar refractivity (Wildman–Crippen MR) is 107 cm³/mol. The van der Waals surface area contributed by atoms with Gasteiger partial charge in [-0.25, -0.2) is 4.79 Å². The molecule has 0 radical (unpaired) electrons. The number of esters is 1. The second-order valence-electron chi connectivity index (χ2n) is 8.56. The van der Waals surface area contributed by atoms with E-state index in [-0.39, 0.29) is 23.7 Å². The fourth-order valence-electron chi connectivity index (χ4n) is 2.55. The molecule has 9 nitrogen and oxygen atoms in total. The molecule has 0 unspecified atom stereocenters. The standard InChI is InChI=1S/C18H35N3O4.C2HF3O2/c1-10(2)8-13(19)16(22)20-14(9-11(3)4)17(23)21-15(12(5)6)18(24)25-7;3-2(4,5)1(6)7/h10-15H,8-9,19H2,1-7H3,(H,20,22)(H,21,23);(H,6,7)/t13-,14-,15-;/m1./s1. The molecule has 188 valence electrons. The van der Waals surface area contributed by atoms with Crippen molar-refractivity contribution in [2.24, 2.45) is 17.8 Å². The average Bonchev–Trinajstić information content (AvgIpc) is 2.63. The van der Waals surface area contributed by atoms with Crippen LogP contribution in [0.2, 0.25) is 0 Å². The first kappa shape index (κ1) is 31.8. The molecule has 0 bridgehead atoms. The van der Waals surface area contributed by atoms with E-state index >= 15 is 0 Å². The number of hydrogen-bond acceptors (Lipinski definition) is 6. The third-order valence-corrected chi connectivity index (χ3v) is 4.12. The first-order chi connectivity index (χ1) is 14.4. The van der Waals surface area contributed by atoms with Crippen molar-refractivity contribution in [2.75, 3.05) is 7.11 Å². The molecule has 2 amide bonds. The van der Waals surface area contributed by atoms with Gasteiger partial charge in [0.25, 0.3) is 5.91 Å². The Balaban J connectivity index is 0. The minimum atomic E-state index is -5.19. The number of carboxylic acid groups (broad SMARTS) is 1. The summed E-state index contributed by atoms with van der Waals surface area (Å²) in [5.41, 5.74) is 3.88. The molecule has 12 heteroatoms. The fourth-order valence-corrected chi connectivity index (χ4v) is 2.55. The number of amides is 2. The minimum absolute atomic E-state index is 0.117. The lowest BCUT2D eigenvalue weighted by atomic mass is 9.99. The zero-order valence-electron chi connectivity index (χ0n) is 19.7. The van der Waals surface area contributed by atoms with Gasteiger partial charge in [0.1, 0.15) is 18.1 Å². The van der Waals surface area contributed by atoms with Crippen molar-refractivity contribution in [2.45, 2.75) is 78.7 Å². The van der Waals surface area contributed by atoms with Gasteiger partial charge in [0.2, 0.25) is 5.91 Å². The topological polar surface area (TPSA) is 152 Å². The van der Waals surface area contributed by atoms with Crippen LogP contribution in [-0.4, -0.2) is 55.2 Å². The Morgan fingerprint density at radius 2 is 1.34 bits per heavy atom. The molecule has 0 saturated carbocycles. The molecule has 0 fully saturated rings. The first-order valence-corrected chi connectivity index (χ1v) is 10.2. The highest BCUT2D eigenvalue weighted by molar-refractivity contribution is 5.91. The van der Waals surface area contributed by atoms with Crippen molar-refractivity contribution >= 4 is 23.8 Å². The zero-order valence-corrected chi connectivity index (χ0v) is 19.7. The highest BCUT2D eigenvalue weighted by Gasteiger charge is 2.31. The number of rotatable bonds is 10. The quantitative estimate of drug-likeness (QED) is 0.375. The molecule has 0 aromatic rings. The smallest absolute Gasteiger partial charge is 0.430 e. The molecule has 0 spiro atoms. The summed E-state index contributed by atoms with van der Waals surface area (Å²) in [4.78, 5) is 45.6. The first-order valence-electron chi connectivity index (χ1n) is 10.2. The van der Waals surface area contributed by atoms with E-state index in [1.165, 1.54) is 7.11 Å².